The van der Waals surface area contributed by atoms with Crippen LogP contribution in [0.4, 0.5) is 4.39 Å². The Kier molecular flexibility index (Phi) is 7.57. The lowest BCUT2D eigenvalue weighted by molar-refractivity contribution is 0.0396. The summed E-state index contributed by atoms with van der Waals surface area (Å²) in [6, 6.07) is 4.89. The summed E-state index contributed by atoms with van der Waals surface area (Å²) >= 11 is 0. The molecule has 0 aromatic heterocycles. The van der Waals surface area contributed by atoms with Crippen molar-refractivity contribution >= 4 is 0 Å². The largest absolute Gasteiger partial charge is 0.379 e. The number of rotatable bonds is 9. The van der Waals surface area contributed by atoms with Gasteiger partial charge in [-0.05, 0) is 24.1 Å². The van der Waals surface area contributed by atoms with Gasteiger partial charge < -0.3 is 15.2 Å². The fraction of sp³-hybridized carbons (Fsp3) is 0.571. The van der Waals surface area contributed by atoms with E-state index in [-0.39, 0.29) is 12.4 Å². The highest BCUT2D eigenvalue weighted by Gasteiger charge is 2.01. The minimum absolute atomic E-state index is 0.208. The van der Waals surface area contributed by atoms with Gasteiger partial charge in [-0.2, -0.15) is 0 Å². The molecule has 18 heavy (non-hydrogen) atoms. The maximum absolute atomic E-state index is 13.2. The molecule has 0 fully saturated rings. The highest BCUT2D eigenvalue weighted by molar-refractivity contribution is 5.24. The van der Waals surface area contributed by atoms with Crippen LogP contribution in [-0.4, -0.2) is 19.8 Å². The molecule has 2 N–H and O–H groups in total. The average Bonchev–Trinajstić information content (AvgIpc) is 2.39. The van der Waals surface area contributed by atoms with Gasteiger partial charge in [0.25, 0.3) is 0 Å². The van der Waals surface area contributed by atoms with Gasteiger partial charge in [0.1, 0.15) is 5.82 Å². The van der Waals surface area contributed by atoms with Crippen LogP contribution in [0.25, 0.3) is 0 Å². The molecule has 0 heterocycles. The van der Waals surface area contributed by atoms with Crippen molar-refractivity contribution in [3.63, 3.8) is 0 Å². The van der Waals surface area contributed by atoms with E-state index < -0.39 is 0 Å². The second-order valence-corrected chi connectivity index (χ2v) is 4.15. The first-order valence-electron chi connectivity index (χ1n) is 6.40. The number of hydrogen-bond acceptors (Lipinski definition) is 3. The van der Waals surface area contributed by atoms with Crippen LogP contribution in [0.5, 0.6) is 0 Å². The first kappa shape index (κ1) is 15.1. The maximum atomic E-state index is 13.2. The van der Waals surface area contributed by atoms with Crippen molar-refractivity contribution in [2.45, 2.75) is 32.9 Å². The van der Waals surface area contributed by atoms with Gasteiger partial charge in [-0.3, -0.25) is 0 Å². The van der Waals surface area contributed by atoms with Crippen molar-refractivity contribution in [1.82, 2.24) is 0 Å². The molecule has 4 heteroatoms. The lowest BCUT2D eigenvalue weighted by Crippen LogP contribution is -2.06. The third kappa shape index (κ3) is 5.58. The lowest BCUT2D eigenvalue weighted by Gasteiger charge is -2.07. The zero-order valence-corrected chi connectivity index (χ0v) is 11.0. The number of unbranched alkanes of at least 4 members (excludes halogenated alkanes) is 1. The summed E-state index contributed by atoms with van der Waals surface area (Å²) in [4.78, 5) is 0. The van der Waals surface area contributed by atoms with E-state index in [9.17, 15) is 4.39 Å². The van der Waals surface area contributed by atoms with Crippen LogP contribution in [0.1, 0.15) is 30.9 Å². The highest BCUT2D eigenvalue weighted by atomic mass is 19.1. The molecule has 1 rings (SSSR count). The number of ether oxygens (including phenoxy) is 2. The molecule has 1 aromatic carbocycles. The molecule has 3 nitrogen and oxygen atoms in total. The summed E-state index contributed by atoms with van der Waals surface area (Å²) < 4.78 is 24.0. The molecule has 0 saturated heterocycles. The summed E-state index contributed by atoms with van der Waals surface area (Å²) in [5, 5.41) is 0. The van der Waals surface area contributed by atoms with Gasteiger partial charge in [-0.1, -0.05) is 19.4 Å². The van der Waals surface area contributed by atoms with Crippen molar-refractivity contribution in [3.8, 4) is 0 Å². The summed E-state index contributed by atoms with van der Waals surface area (Å²) in [6.07, 6.45) is 2.22. The third-order valence-electron chi connectivity index (χ3n) is 2.61. The van der Waals surface area contributed by atoms with Crippen molar-refractivity contribution in [2.24, 2.45) is 5.73 Å². The smallest absolute Gasteiger partial charge is 0.127 e. The Balaban J connectivity index is 2.19. The number of benzene rings is 1. The molecule has 102 valence electrons. The SMILES string of the molecule is CCCCOCCOCc1ccc(F)c(CN)c1. The molecule has 0 aliphatic carbocycles. The van der Waals surface area contributed by atoms with Gasteiger partial charge in [-0.15, -0.1) is 0 Å². The van der Waals surface area contributed by atoms with Crippen molar-refractivity contribution in [3.05, 3.63) is 35.1 Å². The Hall–Kier alpha value is -0.970. The number of nitrogens with two attached hydrogens (primary N) is 1. The van der Waals surface area contributed by atoms with Crippen LogP contribution in [0, 0.1) is 5.82 Å². The minimum Gasteiger partial charge on any atom is -0.379 e. The van der Waals surface area contributed by atoms with E-state index in [1.807, 2.05) is 0 Å². The van der Waals surface area contributed by atoms with Crippen LogP contribution < -0.4 is 5.73 Å². The van der Waals surface area contributed by atoms with Gasteiger partial charge >= 0.3 is 0 Å². The Morgan fingerprint density at radius 3 is 2.67 bits per heavy atom. The van der Waals surface area contributed by atoms with Crippen LogP contribution >= 0.6 is 0 Å². The fourth-order valence-corrected chi connectivity index (χ4v) is 1.53. The Morgan fingerprint density at radius 2 is 1.94 bits per heavy atom. The monoisotopic (exact) mass is 255 g/mol. The molecule has 0 aliphatic rings. The second-order valence-electron chi connectivity index (χ2n) is 4.15. The Morgan fingerprint density at radius 1 is 1.17 bits per heavy atom. The van der Waals surface area contributed by atoms with Gasteiger partial charge in [0.15, 0.2) is 0 Å². The van der Waals surface area contributed by atoms with Crippen molar-refractivity contribution in [1.29, 1.82) is 0 Å². The molecular formula is C14H22FNO2. The first-order chi connectivity index (χ1) is 8.77. The molecular weight excluding hydrogens is 233 g/mol. The van der Waals surface area contributed by atoms with Crippen LogP contribution in [-0.2, 0) is 22.6 Å². The lowest BCUT2D eigenvalue weighted by atomic mass is 10.1. The van der Waals surface area contributed by atoms with E-state index in [0.717, 1.165) is 25.0 Å². The predicted molar refractivity (Wildman–Crippen MR) is 69.7 cm³/mol. The molecule has 0 spiro atoms. The maximum Gasteiger partial charge on any atom is 0.127 e. The minimum atomic E-state index is -0.260. The molecule has 0 amide bonds. The summed E-state index contributed by atoms with van der Waals surface area (Å²) in [5.74, 6) is -0.260. The molecule has 0 saturated carbocycles. The summed E-state index contributed by atoms with van der Waals surface area (Å²) in [7, 11) is 0. The molecule has 0 unspecified atom stereocenters. The molecule has 0 radical (unpaired) electrons. The second kappa shape index (κ2) is 9.03. The number of halogens is 1. The Bertz CT molecular complexity index is 345. The molecule has 1 aromatic rings. The summed E-state index contributed by atoms with van der Waals surface area (Å²) in [5.41, 5.74) is 6.90. The van der Waals surface area contributed by atoms with Gasteiger partial charge in [0, 0.05) is 18.7 Å². The molecule has 0 bridgehead atoms. The van der Waals surface area contributed by atoms with Crippen molar-refractivity contribution < 1.29 is 13.9 Å². The average molecular weight is 255 g/mol. The zero-order valence-electron chi connectivity index (χ0n) is 11.0. The van der Waals surface area contributed by atoms with E-state index in [1.54, 1.807) is 12.1 Å². The van der Waals surface area contributed by atoms with E-state index in [0.29, 0.717) is 25.4 Å². The van der Waals surface area contributed by atoms with Crippen molar-refractivity contribution in [2.75, 3.05) is 19.8 Å². The fourth-order valence-electron chi connectivity index (χ4n) is 1.53. The normalized spacial score (nSPS) is 10.8. The zero-order chi connectivity index (χ0) is 13.2. The summed E-state index contributed by atoms with van der Waals surface area (Å²) in [6.45, 7) is 4.74. The Labute approximate surface area is 108 Å². The van der Waals surface area contributed by atoms with E-state index in [4.69, 9.17) is 15.2 Å². The number of hydrogen-bond donors (Lipinski definition) is 1. The van der Waals surface area contributed by atoms with Crippen LogP contribution in [0.15, 0.2) is 18.2 Å². The van der Waals surface area contributed by atoms with Gasteiger partial charge in [-0.25, -0.2) is 4.39 Å². The molecule has 0 atom stereocenters. The van der Waals surface area contributed by atoms with E-state index >= 15 is 0 Å². The van der Waals surface area contributed by atoms with Crippen LogP contribution in [0.2, 0.25) is 0 Å². The standard InChI is InChI=1S/C14H22FNO2/c1-2-3-6-17-7-8-18-11-12-4-5-14(15)13(9-12)10-16/h4-5,9H,2-3,6-8,10-11,16H2,1H3. The molecule has 0 aliphatic heterocycles. The van der Waals surface area contributed by atoms with E-state index in [2.05, 4.69) is 6.92 Å². The first-order valence-corrected chi connectivity index (χ1v) is 6.40. The van der Waals surface area contributed by atoms with E-state index in [1.165, 1.54) is 6.07 Å². The van der Waals surface area contributed by atoms with Gasteiger partial charge in [0.05, 0.1) is 19.8 Å². The quantitative estimate of drug-likeness (QED) is 0.690. The highest BCUT2D eigenvalue weighted by Crippen LogP contribution is 2.10. The van der Waals surface area contributed by atoms with Gasteiger partial charge in [0.2, 0.25) is 0 Å². The third-order valence-corrected chi connectivity index (χ3v) is 2.61. The topological polar surface area (TPSA) is 44.5 Å². The predicted octanol–water partition coefficient (Wildman–Crippen LogP) is 2.62. The van der Waals surface area contributed by atoms with Crippen LogP contribution in [0.3, 0.4) is 0 Å².